The van der Waals surface area contributed by atoms with Gasteiger partial charge in [0.15, 0.2) is 11.6 Å². The lowest BCUT2D eigenvalue weighted by Gasteiger charge is -2.10. The van der Waals surface area contributed by atoms with Gasteiger partial charge in [0.1, 0.15) is 0 Å². The van der Waals surface area contributed by atoms with Gasteiger partial charge in [-0.25, -0.2) is 9.37 Å². The lowest BCUT2D eigenvalue weighted by Crippen LogP contribution is -2.18. The number of hydrogen-bond acceptors (Lipinski definition) is 2. The third-order valence-corrected chi connectivity index (χ3v) is 2.63. The van der Waals surface area contributed by atoms with E-state index in [1.165, 1.54) is 17.0 Å². The second-order valence-electron chi connectivity index (χ2n) is 4.52. The van der Waals surface area contributed by atoms with Crippen molar-refractivity contribution in [3.63, 3.8) is 0 Å². The standard InChI is InChI=1S/C13H12F4N2O/c1-8(2)11-6-19(7-18-11)9-3-4-12(10(14)5-9)20-13(15,16)17/h3-8H,1-2H3. The van der Waals surface area contributed by atoms with E-state index in [1.54, 1.807) is 6.20 Å². The van der Waals surface area contributed by atoms with Gasteiger partial charge in [0.05, 0.1) is 12.0 Å². The number of nitrogens with zero attached hydrogens (tertiary/aromatic N) is 2. The third-order valence-electron chi connectivity index (χ3n) is 2.63. The summed E-state index contributed by atoms with van der Waals surface area (Å²) in [7, 11) is 0. The first-order valence-corrected chi connectivity index (χ1v) is 5.86. The number of hydrogen-bond donors (Lipinski definition) is 0. The summed E-state index contributed by atoms with van der Waals surface area (Å²) in [5, 5.41) is 0. The second-order valence-corrected chi connectivity index (χ2v) is 4.52. The summed E-state index contributed by atoms with van der Waals surface area (Å²) in [6.45, 7) is 3.90. The second kappa shape index (κ2) is 5.15. The Bertz CT molecular complexity index is 605. The summed E-state index contributed by atoms with van der Waals surface area (Å²) in [5.74, 6) is -1.74. The highest BCUT2D eigenvalue weighted by Gasteiger charge is 2.32. The summed E-state index contributed by atoms with van der Waals surface area (Å²) < 4.78 is 54.8. The topological polar surface area (TPSA) is 27.1 Å². The molecule has 20 heavy (non-hydrogen) atoms. The number of imidazole rings is 1. The fourth-order valence-corrected chi connectivity index (χ4v) is 1.64. The molecular weight excluding hydrogens is 276 g/mol. The van der Waals surface area contributed by atoms with Crippen LogP contribution < -0.4 is 4.74 Å². The first-order chi connectivity index (χ1) is 9.26. The fraction of sp³-hybridized carbons (Fsp3) is 0.308. The van der Waals surface area contributed by atoms with Gasteiger partial charge in [-0.15, -0.1) is 13.2 Å². The Morgan fingerprint density at radius 3 is 2.45 bits per heavy atom. The highest BCUT2D eigenvalue weighted by molar-refractivity contribution is 5.39. The minimum atomic E-state index is -4.91. The zero-order valence-corrected chi connectivity index (χ0v) is 10.8. The quantitative estimate of drug-likeness (QED) is 0.797. The van der Waals surface area contributed by atoms with Crippen LogP contribution in [0.25, 0.3) is 5.69 Å². The average molecular weight is 288 g/mol. The highest BCUT2D eigenvalue weighted by Crippen LogP contribution is 2.27. The van der Waals surface area contributed by atoms with Crippen LogP contribution in [0.1, 0.15) is 25.5 Å². The van der Waals surface area contributed by atoms with E-state index >= 15 is 0 Å². The summed E-state index contributed by atoms with van der Waals surface area (Å²) in [5.41, 5.74) is 1.18. The van der Waals surface area contributed by atoms with Crippen molar-refractivity contribution in [2.45, 2.75) is 26.1 Å². The van der Waals surface area contributed by atoms with E-state index in [0.717, 1.165) is 17.8 Å². The number of rotatable bonds is 3. The van der Waals surface area contributed by atoms with Gasteiger partial charge in [0.25, 0.3) is 0 Å². The van der Waals surface area contributed by atoms with Crippen molar-refractivity contribution >= 4 is 0 Å². The zero-order chi connectivity index (χ0) is 14.9. The first kappa shape index (κ1) is 14.4. The van der Waals surface area contributed by atoms with E-state index < -0.39 is 17.9 Å². The molecule has 7 heteroatoms. The smallest absolute Gasteiger partial charge is 0.403 e. The van der Waals surface area contributed by atoms with E-state index in [0.29, 0.717) is 5.69 Å². The highest BCUT2D eigenvalue weighted by atomic mass is 19.4. The SMILES string of the molecule is CC(C)c1cn(-c2ccc(OC(F)(F)F)c(F)c2)cn1. The van der Waals surface area contributed by atoms with Crippen LogP contribution >= 0.6 is 0 Å². The molecule has 0 bridgehead atoms. The molecule has 1 aromatic heterocycles. The predicted molar refractivity (Wildman–Crippen MR) is 64.3 cm³/mol. The molecule has 3 nitrogen and oxygen atoms in total. The van der Waals surface area contributed by atoms with E-state index in [4.69, 9.17) is 0 Å². The van der Waals surface area contributed by atoms with Crippen molar-refractivity contribution in [2.75, 3.05) is 0 Å². The van der Waals surface area contributed by atoms with Crippen LogP contribution in [-0.2, 0) is 0 Å². The van der Waals surface area contributed by atoms with E-state index in [1.807, 2.05) is 13.8 Å². The number of alkyl halides is 3. The Hall–Kier alpha value is -2.05. The molecule has 108 valence electrons. The molecule has 0 unspecified atom stereocenters. The van der Waals surface area contributed by atoms with Gasteiger partial charge < -0.3 is 9.30 Å². The van der Waals surface area contributed by atoms with Crippen molar-refractivity contribution in [3.05, 3.63) is 42.2 Å². The van der Waals surface area contributed by atoms with E-state index in [-0.39, 0.29) is 5.92 Å². The van der Waals surface area contributed by atoms with Gasteiger partial charge in [0.2, 0.25) is 0 Å². The van der Waals surface area contributed by atoms with Crippen LogP contribution in [-0.4, -0.2) is 15.9 Å². The zero-order valence-electron chi connectivity index (χ0n) is 10.8. The Kier molecular flexibility index (Phi) is 3.69. The van der Waals surface area contributed by atoms with Crippen molar-refractivity contribution in [2.24, 2.45) is 0 Å². The van der Waals surface area contributed by atoms with E-state index in [9.17, 15) is 17.6 Å². The number of benzene rings is 1. The molecule has 0 amide bonds. The maximum Gasteiger partial charge on any atom is 0.573 e. The van der Waals surface area contributed by atoms with Crippen LogP contribution in [0, 0.1) is 5.82 Å². The van der Waals surface area contributed by atoms with Crippen molar-refractivity contribution in [1.82, 2.24) is 9.55 Å². The van der Waals surface area contributed by atoms with Crippen LogP contribution in [0.3, 0.4) is 0 Å². The maximum absolute atomic E-state index is 13.6. The Balaban J connectivity index is 2.28. The number of ether oxygens (including phenoxy) is 1. The molecule has 0 spiro atoms. The van der Waals surface area contributed by atoms with Gasteiger partial charge in [0, 0.05) is 18.0 Å². The van der Waals surface area contributed by atoms with E-state index in [2.05, 4.69) is 9.72 Å². The van der Waals surface area contributed by atoms with Gasteiger partial charge in [-0.1, -0.05) is 13.8 Å². The summed E-state index contributed by atoms with van der Waals surface area (Å²) in [4.78, 5) is 4.13. The van der Waals surface area contributed by atoms with Gasteiger partial charge in [-0.3, -0.25) is 0 Å². The lowest BCUT2D eigenvalue weighted by atomic mass is 10.2. The molecule has 2 rings (SSSR count). The van der Waals surface area contributed by atoms with Crippen LogP contribution in [0.2, 0.25) is 0 Å². The third kappa shape index (κ3) is 3.28. The molecule has 0 N–H and O–H groups in total. The molecular formula is C13H12F4N2O. The lowest BCUT2D eigenvalue weighted by molar-refractivity contribution is -0.275. The molecule has 0 saturated heterocycles. The molecule has 0 aliphatic heterocycles. The monoisotopic (exact) mass is 288 g/mol. The molecule has 0 atom stereocenters. The molecule has 1 heterocycles. The van der Waals surface area contributed by atoms with Crippen molar-refractivity contribution < 1.29 is 22.3 Å². The normalized spacial score (nSPS) is 11.9. The average Bonchev–Trinajstić information content (AvgIpc) is 2.79. The van der Waals surface area contributed by atoms with Gasteiger partial charge in [-0.2, -0.15) is 0 Å². The van der Waals surface area contributed by atoms with Gasteiger partial charge in [-0.05, 0) is 18.1 Å². The maximum atomic E-state index is 13.6. The minimum absolute atomic E-state index is 0.203. The first-order valence-electron chi connectivity index (χ1n) is 5.86. The largest absolute Gasteiger partial charge is 0.573 e. The van der Waals surface area contributed by atoms with Gasteiger partial charge >= 0.3 is 6.36 Å². The molecule has 0 aliphatic carbocycles. The van der Waals surface area contributed by atoms with Crippen LogP contribution in [0.4, 0.5) is 17.6 Å². The predicted octanol–water partition coefficient (Wildman–Crippen LogP) is 4.03. The Morgan fingerprint density at radius 2 is 1.95 bits per heavy atom. The van der Waals surface area contributed by atoms with Crippen molar-refractivity contribution in [3.8, 4) is 11.4 Å². The Labute approximate surface area is 112 Å². The summed E-state index contributed by atoms with van der Waals surface area (Å²) in [6.07, 6.45) is -1.74. The molecule has 1 aromatic carbocycles. The molecule has 0 aliphatic rings. The van der Waals surface area contributed by atoms with Crippen LogP contribution in [0.15, 0.2) is 30.7 Å². The molecule has 0 radical (unpaired) electrons. The summed E-state index contributed by atoms with van der Waals surface area (Å²) >= 11 is 0. The summed E-state index contributed by atoms with van der Waals surface area (Å²) in [6, 6.07) is 3.23. The van der Waals surface area contributed by atoms with Crippen LogP contribution in [0.5, 0.6) is 5.75 Å². The molecule has 0 fully saturated rings. The number of halogens is 4. The van der Waals surface area contributed by atoms with Crippen molar-refractivity contribution in [1.29, 1.82) is 0 Å². The Morgan fingerprint density at radius 1 is 1.25 bits per heavy atom. The fourth-order valence-electron chi connectivity index (χ4n) is 1.64. The minimum Gasteiger partial charge on any atom is -0.403 e. The molecule has 0 saturated carbocycles. The molecule has 2 aromatic rings. The number of aromatic nitrogens is 2.